The van der Waals surface area contributed by atoms with Crippen molar-refractivity contribution < 1.29 is 4.79 Å². The van der Waals surface area contributed by atoms with Crippen LogP contribution in [0, 0.1) is 0 Å². The van der Waals surface area contributed by atoms with Gasteiger partial charge in [-0.1, -0.05) is 42.0 Å². The Morgan fingerprint density at radius 3 is 2.94 bits per heavy atom. The van der Waals surface area contributed by atoms with Gasteiger partial charge in [-0.2, -0.15) is 10.1 Å². The van der Waals surface area contributed by atoms with E-state index in [-0.39, 0.29) is 5.91 Å². The molecular weight excluding hydrogens is 466 g/mol. The number of halogens is 1. The van der Waals surface area contributed by atoms with Crippen molar-refractivity contribution in [1.29, 1.82) is 0 Å². The van der Waals surface area contributed by atoms with Gasteiger partial charge >= 0.3 is 0 Å². The number of aromatic nitrogens is 2. The van der Waals surface area contributed by atoms with E-state index < -0.39 is 0 Å². The fourth-order valence-electron chi connectivity index (χ4n) is 4.21. The molecule has 174 valence electrons. The van der Waals surface area contributed by atoms with Gasteiger partial charge in [0.15, 0.2) is 5.17 Å². The molecule has 0 saturated carbocycles. The standard InChI is InChI=1S/C26H26ClN5OS/c1-16(2)19-5-6-20(22(27)12-19)15-32-23-7-4-18(10-21(23)13-29-32)11-24-25(33)30-26(34-24)31-9-8-28-17(3)14-31/h4-7,10-13,17,28H,1,8-9,14-15H2,2-3H3/b24-11-/t17-/m0/s1. The topological polar surface area (TPSA) is 62.5 Å². The second-order valence-electron chi connectivity index (χ2n) is 8.82. The van der Waals surface area contributed by atoms with Gasteiger partial charge in [-0.3, -0.25) is 9.48 Å². The van der Waals surface area contributed by atoms with E-state index in [1.165, 1.54) is 11.8 Å². The number of aliphatic imine (C=N–C) groups is 1. The van der Waals surface area contributed by atoms with E-state index in [1.54, 1.807) is 0 Å². The number of carbonyl (C=O) groups is 1. The van der Waals surface area contributed by atoms with Gasteiger partial charge in [0.2, 0.25) is 0 Å². The normalized spacial score (nSPS) is 19.8. The Bertz CT molecular complexity index is 1360. The lowest BCUT2D eigenvalue weighted by Gasteiger charge is -2.32. The minimum Gasteiger partial charge on any atom is -0.348 e. The molecule has 1 aromatic heterocycles. The van der Waals surface area contributed by atoms with Crippen LogP contribution < -0.4 is 5.32 Å². The van der Waals surface area contributed by atoms with Gasteiger partial charge in [0.05, 0.1) is 23.2 Å². The van der Waals surface area contributed by atoms with Crippen molar-refractivity contribution in [3.05, 3.63) is 75.8 Å². The van der Waals surface area contributed by atoms with E-state index in [0.29, 0.717) is 22.5 Å². The van der Waals surface area contributed by atoms with E-state index in [4.69, 9.17) is 11.6 Å². The van der Waals surface area contributed by atoms with E-state index in [0.717, 1.165) is 58.0 Å². The summed E-state index contributed by atoms with van der Waals surface area (Å²) in [6, 6.07) is 12.5. The third kappa shape index (κ3) is 4.69. The van der Waals surface area contributed by atoms with Crippen LogP contribution in [0.1, 0.15) is 30.5 Å². The summed E-state index contributed by atoms with van der Waals surface area (Å²) in [5.41, 5.74) is 4.99. The Morgan fingerprint density at radius 1 is 1.32 bits per heavy atom. The van der Waals surface area contributed by atoms with Crippen molar-refractivity contribution in [3.8, 4) is 0 Å². The number of rotatable bonds is 4. The molecule has 0 radical (unpaired) electrons. The molecule has 2 aliphatic heterocycles. The summed E-state index contributed by atoms with van der Waals surface area (Å²) in [4.78, 5) is 19.7. The molecule has 6 nitrogen and oxygen atoms in total. The Morgan fingerprint density at radius 2 is 2.18 bits per heavy atom. The fourth-order valence-corrected chi connectivity index (χ4v) is 5.40. The zero-order valence-electron chi connectivity index (χ0n) is 19.2. The minimum atomic E-state index is -0.171. The number of nitrogens with zero attached hydrogens (tertiary/aromatic N) is 4. The van der Waals surface area contributed by atoms with Gasteiger partial charge in [0, 0.05) is 36.1 Å². The first-order valence-electron chi connectivity index (χ1n) is 11.3. The number of amidine groups is 1. The minimum absolute atomic E-state index is 0.171. The Hall–Kier alpha value is -2.87. The van der Waals surface area contributed by atoms with E-state index >= 15 is 0 Å². The molecule has 1 amide bonds. The highest BCUT2D eigenvalue weighted by atomic mass is 35.5. The molecule has 0 unspecified atom stereocenters. The predicted octanol–water partition coefficient (Wildman–Crippen LogP) is 5.04. The number of hydrogen-bond acceptors (Lipinski definition) is 5. The van der Waals surface area contributed by atoms with E-state index in [9.17, 15) is 4.79 Å². The molecule has 3 heterocycles. The average Bonchev–Trinajstić information content (AvgIpc) is 3.38. The van der Waals surface area contributed by atoms with Crippen molar-refractivity contribution in [2.45, 2.75) is 26.4 Å². The lowest BCUT2D eigenvalue weighted by Crippen LogP contribution is -2.50. The summed E-state index contributed by atoms with van der Waals surface area (Å²) in [6.07, 6.45) is 3.76. The number of hydrogen-bond donors (Lipinski definition) is 1. The number of nitrogens with one attached hydrogen (secondary N) is 1. The maximum Gasteiger partial charge on any atom is 0.286 e. The van der Waals surface area contributed by atoms with Gasteiger partial charge in [-0.15, -0.1) is 0 Å². The van der Waals surface area contributed by atoms with Gasteiger partial charge in [-0.05, 0) is 66.6 Å². The lowest BCUT2D eigenvalue weighted by molar-refractivity contribution is -0.113. The molecular formula is C26H26ClN5OS. The highest BCUT2D eigenvalue weighted by Gasteiger charge is 2.28. The van der Waals surface area contributed by atoms with Crippen molar-refractivity contribution in [3.63, 3.8) is 0 Å². The molecule has 3 aromatic rings. The average molecular weight is 492 g/mol. The lowest BCUT2D eigenvalue weighted by atomic mass is 10.1. The maximum atomic E-state index is 12.5. The van der Waals surface area contributed by atoms with Crippen molar-refractivity contribution in [2.24, 2.45) is 4.99 Å². The first kappa shape index (κ1) is 22.9. The second-order valence-corrected chi connectivity index (χ2v) is 10.2. The number of piperazine rings is 1. The maximum absolute atomic E-state index is 12.5. The first-order chi connectivity index (χ1) is 16.4. The molecule has 5 rings (SSSR count). The highest BCUT2D eigenvalue weighted by molar-refractivity contribution is 8.18. The third-order valence-corrected chi connectivity index (χ3v) is 7.47. The molecule has 8 heteroatoms. The van der Waals surface area contributed by atoms with Crippen LogP contribution >= 0.6 is 23.4 Å². The quantitative estimate of drug-likeness (QED) is 0.518. The van der Waals surface area contributed by atoms with E-state index in [2.05, 4.69) is 39.9 Å². The summed E-state index contributed by atoms with van der Waals surface area (Å²) in [5.74, 6) is -0.171. The van der Waals surface area contributed by atoms with Crippen LogP contribution in [-0.2, 0) is 11.3 Å². The Balaban J connectivity index is 1.34. The number of amides is 1. The molecule has 1 atom stereocenters. The second kappa shape index (κ2) is 9.41. The zero-order chi connectivity index (χ0) is 23.8. The van der Waals surface area contributed by atoms with Crippen LogP contribution in [0.4, 0.5) is 0 Å². The molecule has 1 N–H and O–H groups in total. The number of thioether (sulfide) groups is 1. The van der Waals surface area contributed by atoms with Crippen LogP contribution in [0.2, 0.25) is 5.02 Å². The summed E-state index contributed by atoms with van der Waals surface area (Å²) in [5, 5.41) is 10.5. The third-order valence-electron chi connectivity index (χ3n) is 6.08. The number of carbonyl (C=O) groups excluding carboxylic acids is 1. The van der Waals surface area contributed by atoms with Crippen molar-refractivity contribution in [2.75, 3.05) is 19.6 Å². The molecule has 1 fully saturated rings. The number of allylic oxidation sites excluding steroid dienone is 1. The van der Waals surface area contributed by atoms with Crippen LogP contribution in [0.25, 0.3) is 22.6 Å². The molecule has 0 bridgehead atoms. The SMILES string of the molecule is C=C(C)c1ccc(Cn2ncc3cc(/C=C4\SC(N5CCN[C@@H](C)C5)=NC4=O)ccc32)c(Cl)c1. The molecule has 0 spiro atoms. The fraction of sp³-hybridized carbons (Fsp3) is 0.269. The predicted molar refractivity (Wildman–Crippen MR) is 142 cm³/mol. The summed E-state index contributed by atoms with van der Waals surface area (Å²) in [6.45, 7) is 11.3. The van der Waals surface area contributed by atoms with E-state index in [1.807, 2.05) is 54.2 Å². The number of fused-ring (bicyclic) bond motifs is 1. The molecule has 2 aromatic carbocycles. The van der Waals surface area contributed by atoms with Gasteiger partial charge in [0.25, 0.3) is 5.91 Å². The van der Waals surface area contributed by atoms with Gasteiger partial charge in [0.1, 0.15) is 0 Å². The number of benzene rings is 2. The summed E-state index contributed by atoms with van der Waals surface area (Å²) in [7, 11) is 0. The monoisotopic (exact) mass is 491 g/mol. The molecule has 0 aliphatic carbocycles. The summed E-state index contributed by atoms with van der Waals surface area (Å²) < 4.78 is 1.94. The molecule has 1 saturated heterocycles. The van der Waals surface area contributed by atoms with Crippen LogP contribution in [0.15, 0.2) is 59.1 Å². The van der Waals surface area contributed by atoms with Crippen molar-refractivity contribution in [1.82, 2.24) is 20.0 Å². The van der Waals surface area contributed by atoms with Crippen LogP contribution in [0.3, 0.4) is 0 Å². The van der Waals surface area contributed by atoms with Crippen LogP contribution in [0.5, 0.6) is 0 Å². The first-order valence-corrected chi connectivity index (χ1v) is 12.5. The van der Waals surface area contributed by atoms with Crippen molar-refractivity contribution >= 4 is 57.0 Å². The van der Waals surface area contributed by atoms with Gasteiger partial charge < -0.3 is 10.2 Å². The van der Waals surface area contributed by atoms with Gasteiger partial charge in [-0.25, -0.2) is 0 Å². The summed E-state index contributed by atoms with van der Waals surface area (Å²) >= 11 is 7.97. The highest BCUT2D eigenvalue weighted by Crippen LogP contribution is 2.31. The van der Waals surface area contributed by atoms with Crippen LogP contribution in [-0.4, -0.2) is 51.4 Å². The molecule has 34 heavy (non-hydrogen) atoms. The zero-order valence-corrected chi connectivity index (χ0v) is 20.8. The Kier molecular flexibility index (Phi) is 6.34. The largest absolute Gasteiger partial charge is 0.348 e. The smallest absolute Gasteiger partial charge is 0.286 e. The molecule has 2 aliphatic rings. The Labute approximate surface area is 208 Å².